The fourth-order valence-corrected chi connectivity index (χ4v) is 7.68. The summed E-state index contributed by atoms with van der Waals surface area (Å²) in [6.07, 6.45) is -5.36. The number of aryl methyl sites for hydroxylation is 1. The highest BCUT2D eigenvalue weighted by atomic mass is 35.5. The molecular weight excluding hydrogens is 671 g/mol. The van der Waals surface area contributed by atoms with E-state index in [2.05, 4.69) is 0 Å². The summed E-state index contributed by atoms with van der Waals surface area (Å²) in [5.74, 6) is -1.55. The van der Waals surface area contributed by atoms with Crippen molar-refractivity contribution in [3.63, 3.8) is 0 Å². The van der Waals surface area contributed by atoms with Gasteiger partial charge in [0.1, 0.15) is 5.72 Å². The molecule has 3 atom stereocenters. The predicted octanol–water partition coefficient (Wildman–Crippen LogP) is 9.62. The summed E-state index contributed by atoms with van der Waals surface area (Å²) >= 11 is 31.2. The Morgan fingerprint density at radius 2 is 1.47 bits per heavy atom. The molecule has 0 N–H and O–H groups in total. The molecular formula is C30H22Cl5F3N2O3. The average Bonchev–Trinajstić information content (AvgIpc) is 3.43. The lowest BCUT2D eigenvalue weighted by Gasteiger charge is -2.51. The molecule has 0 spiro atoms. The Morgan fingerprint density at radius 3 is 2.02 bits per heavy atom. The number of hydrogen-bond acceptors (Lipinski definition) is 4. The van der Waals surface area contributed by atoms with Crippen LogP contribution in [-0.4, -0.2) is 34.7 Å². The van der Waals surface area contributed by atoms with Crippen LogP contribution in [-0.2, 0) is 16.9 Å². The summed E-state index contributed by atoms with van der Waals surface area (Å²) in [6, 6.07) is 11.1. The number of halogens is 8. The van der Waals surface area contributed by atoms with E-state index in [0.717, 1.165) is 16.0 Å². The van der Waals surface area contributed by atoms with Crippen molar-refractivity contribution in [1.29, 1.82) is 0 Å². The first-order chi connectivity index (χ1) is 20.1. The number of amides is 2. The highest BCUT2D eigenvalue weighted by Gasteiger charge is 2.70. The Kier molecular flexibility index (Phi) is 7.47. The minimum atomic E-state index is -4.78. The van der Waals surface area contributed by atoms with Gasteiger partial charge < -0.3 is 9.64 Å². The number of carbonyl (C=O) groups excluding carboxylic acids is 2. The van der Waals surface area contributed by atoms with E-state index in [4.69, 9.17) is 62.7 Å². The van der Waals surface area contributed by atoms with E-state index in [-0.39, 0.29) is 67.6 Å². The maximum atomic E-state index is 14.9. The number of imide groups is 1. The van der Waals surface area contributed by atoms with Crippen molar-refractivity contribution in [2.24, 2.45) is 0 Å². The molecule has 1 saturated heterocycles. The Morgan fingerprint density at radius 1 is 0.884 bits per heavy atom. The van der Waals surface area contributed by atoms with Crippen LogP contribution >= 0.6 is 58.0 Å². The normalized spacial score (nSPS) is 23.6. The van der Waals surface area contributed by atoms with Gasteiger partial charge >= 0.3 is 6.18 Å². The lowest BCUT2D eigenvalue weighted by molar-refractivity contribution is -0.298. The van der Waals surface area contributed by atoms with Crippen molar-refractivity contribution in [2.45, 2.75) is 63.2 Å². The summed E-state index contributed by atoms with van der Waals surface area (Å²) in [6.45, 7) is 3.70. The van der Waals surface area contributed by atoms with Gasteiger partial charge in [0.15, 0.2) is 5.60 Å². The molecule has 0 aliphatic carbocycles. The van der Waals surface area contributed by atoms with Crippen LogP contribution in [0.15, 0.2) is 42.5 Å². The first-order valence-corrected chi connectivity index (χ1v) is 15.1. The number of hydrogen-bond donors (Lipinski definition) is 0. The molecule has 1 unspecified atom stereocenters. The van der Waals surface area contributed by atoms with E-state index in [9.17, 15) is 22.8 Å². The zero-order valence-electron chi connectivity index (χ0n) is 22.6. The van der Waals surface area contributed by atoms with Crippen LogP contribution in [0.1, 0.15) is 63.6 Å². The Bertz CT molecular complexity index is 1650. The third kappa shape index (κ3) is 4.55. The van der Waals surface area contributed by atoms with Gasteiger partial charge in [0, 0.05) is 35.3 Å². The SMILES string of the molecule is Cc1ccc(CN2c3ccc(Cl)cc3[C@]3(C(F)(F)F)CC[C@@]2(CC(C)N2C(=O)c4c(Cl)c(Cl)c(Cl)c(Cl)c4C2=O)O3)cc1. The van der Waals surface area contributed by atoms with E-state index < -0.39 is 35.4 Å². The summed E-state index contributed by atoms with van der Waals surface area (Å²) in [5, 5.41) is -0.666. The summed E-state index contributed by atoms with van der Waals surface area (Å²) in [4.78, 5) is 29.9. The first-order valence-electron chi connectivity index (χ1n) is 13.3. The van der Waals surface area contributed by atoms with E-state index in [1.165, 1.54) is 12.1 Å². The lowest BCUT2D eigenvalue weighted by Crippen LogP contribution is -2.59. The standard InChI is InChI=1S/C30H22Cl5F3N2O3/c1-14-3-5-16(6-4-14)13-39-19-8-7-17(31)11-18(19)29(30(36,37)38)10-9-28(39,43-29)12-15(2)40-26(41)20-21(27(40)42)23(33)25(35)24(34)22(20)32/h3-8,11,15H,9-10,12-13H2,1-2H3/t15?,28-,29-/m0/s1. The topological polar surface area (TPSA) is 49.9 Å². The summed E-state index contributed by atoms with van der Waals surface area (Å²) in [7, 11) is 0. The summed E-state index contributed by atoms with van der Waals surface area (Å²) < 4.78 is 51.0. The largest absolute Gasteiger partial charge is 0.421 e. The van der Waals surface area contributed by atoms with Crippen LogP contribution in [0.2, 0.25) is 25.1 Å². The van der Waals surface area contributed by atoms with Crippen molar-refractivity contribution in [3.05, 3.63) is 95.4 Å². The Hall–Kier alpha value is -2.20. The van der Waals surface area contributed by atoms with Crippen molar-refractivity contribution >= 4 is 75.5 Å². The van der Waals surface area contributed by atoms with Crippen LogP contribution in [0.25, 0.3) is 0 Å². The number of ether oxygens (including phenoxy) is 1. The van der Waals surface area contributed by atoms with Gasteiger partial charge in [-0.15, -0.1) is 0 Å². The molecule has 2 bridgehead atoms. The number of fused-ring (bicyclic) bond motifs is 5. The van der Waals surface area contributed by atoms with Crippen LogP contribution in [0.5, 0.6) is 0 Å². The minimum Gasteiger partial charge on any atom is -0.339 e. The van der Waals surface area contributed by atoms with Crippen LogP contribution in [0.3, 0.4) is 0 Å². The van der Waals surface area contributed by atoms with Gasteiger partial charge in [0.25, 0.3) is 11.8 Å². The molecule has 43 heavy (non-hydrogen) atoms. The number of rotatable bonds is 5. The number of anilines is 1. The molecule has 2 amide bonds. The van der Waals surface area contributed by atoms with Gasteiger partial charge in [-0.1, -0.05) is 87.8 Å². The smallest absolute Gasteiger partial charge is 0.339 e. The molecule has 5 nitrogen and oxygen atoms in total. The molecule has 3 aliphatic heterocycles. The van der Waals surface area contributed by atoms with Gasteiger partial charge in [0.2, 0.25) is 0 Å². The molecule has 0 radical (unpaired) electrons. The van der Waals surface area contributed by atoms with Gasteiger partial charge in [-0.2, -0.15) is 13.2 Å². The molecule has 3 aliphatic rings. The van der Waals surface area contributed by atoms with E-state index >= 15 is 0 Å². The quantitative estimate of drug-likeness (QED) is 0.152. The predicted molar refractivity (Wildman–Crippen MR) is 161 cm³/mol. The van der Waals surface area contributed by atoms with Crippen molar-refractivity contribution in [1.82, 2.24) is 4.90 Å². The van der Waals surface area contributed by atoms with E-state index in [1.807, 2.05) is 31.2 Å². The van der Waals surface area contributed by atoms with Crippen LogP contribution < -0.4 is 4.90 Å². The average molecular weight is 693 g/mol. The molecule has 3 aromatic carbocycles. The number of carbonyl (C=O) groups is 2. The van der Waals surface area contributed by atoms with Crippen LogP contribution in [0, 0.1) is 6.92 Å². The number of alkyl halides is 3. The van der Waals surface area contributed by atoms with E-state index in [1.54, 1.807) is 17.9 Å². The van der Waals surface area contributed by atoms with Crippen molar-refractivity contribution < 1.29 is 27.5 Å². The fourth-order valence-electron chi connectivity index (χ4n) is 6.50. The molecule has 13 heteroatoms. The van der Waals surface area contributed by atoms with E-state index in [0.29, 0.717) is 5.69 Å². The van der Waals surface area contributed by atoms with Crippen LogP contribution in [0.4, 0.5) is 18.9 Å². The fraction of sp³-hybridized carbons (Fsp3) is 0.333. The second kappa shape index (κ2) is 10.4. The zero-order chi connectivity index (χ0) is 31.2. The lowest BCUT2D eigenvalue weighted by atomic mass is 9.89. The maximum absolute atomic E-state index is 14.9. The third-order valence-electron chi connectivity index (χ3n) is 8.52. The number of benzene rings is 3. The monoisotopic (exact) mass is 690 g/mol. The molecule has 1 fully saturated rings. The molecule has 226 valence electrons. The van der Waals surface area contributed by atoms with Gasteiger partial charge in [-0.25, -0.2) is 0 Å². The number of nitrogens with zero attached hydrogens (tertiary/aromatic N) is 2. The van der Waals surface area contributed by atoms with Gasteiger partial charge in [-0.05, 0) is 50.5 Å². The molecule has 6 rings (SSSR count). The van der Waals surface area contributed by atoms with Crippen molar-refractivity contribution in [2.75, 3.05) is 4.90 Å². The van der Waals surface area contributed by atoms with Gasteiger partial charge in [0.05, 0.1) is 31.2 Å². The Labute approximate surface area is 270 Å². The zero-order valence-corrected chi connectivity index (χ0v) is 26.4. The van der Waals surface area contributed by atoms with Gasteiger partial charge in [-0.3, -0.25) is 14.5 Å². The molecule has 3 aromatic rings. The second-order valence-electron chi connectivity index (χ2n) is 11.1. The minimum absolute atomic E-state index is 0.0443. The first kappa shape index (κ1) is 30.8. The Balaban J connectivity index is 1.46. The maximum Gasteiger partial charge on any atom is 0.421 e. The van der Waals surface area contributed by atoms with Crippen molar-refractivity contribution in [3.8, 4) is 0 Å². The second-order valence-corrected chi connectivity index (χ2v) is 13.1. The summed E-state index contributed by atoms with van der Waals surface area (Å²) in [5.41, 5.74) is -2.51. The molecule has 0 saturated carbocycles. The molecule has 3 heterocycles. The molecule has 0 aromatic heterocycles. The highest BCUT2D eigenvalue weighted by molar-refractivity contribution is 6.55. The highest BCUT2D eigenvalue weighted by Crippen LogP contribution is 2.63. The third-order valence-corrected chi connectivity index (χ3v) is 10.6.